The molecule has 1 aromatic carbocycles. The molecule has 0 bridgehead atoms. The topological polar surface area (TPSA) is 176 Å². The van der Waals surface area contributed by atoms with Crippen LogP contribution in [0.3, 0.4) is 0 Å². The molecule has 3 aromatic rings. The Morgan fingerprint density at radius 2 is 1.74 bits per heavy atom. The van der Waals surface area contributed by atoms with Crippen LogP contribution in [0.1, 0.15) is 35.3 Å². The van der Waals surface area contributed by atoms with E-state index in [1.54, 1.807) is 0 Å². The summed E-state index contributed by atoms with van der Waals surface area (Å²) >= 11 is 0.880. The number of thiazole rings is 1. The van der Waals surface area contributed by atoms with Crippen molar-refractivity contribution in [2.75, 3.05) is 31.6 Å². The number of H-pyrrole nitrogens is 1. The van der Waals surface area contributed by atoms with Crippen molar-refractivity contribution in [3.8, 4) is 5.75 Å². The van der Waals surface area contributed by atoms with Gasteiger partial charge in [-0.3, -0.25) is 14.4 Å². The van der Waals surface area contributed by atoms with Crippen molar-refractivity contribution in [3.05, 3.63) is 68.7 Å². The molecule has 1 aliphatic heterocycles. The number of benzene rings is 1. The maximum Gasteiger partial charge on any atom is 0.573 e. The maximum atomic E-state index is 14.0. The largest absolute Gasteiger partial charge is 0.573 e. The van der Waals surface area contributed by atoms with Crippen LogP contribution in [0.2, 0.25) is 0 Å². The molecule has 1 saturated heterocycles. The van der Waals surface area contributed by atoms with Crippen LogP contribution in [0.5, 0.6) is 5.75 Å². The summed E-state index contributed by atoms with van der Waals surface area (Å²) in [6.07, 6.45) is -8.31. The predicted molar refractivity (Wildman–Crippen MR) is 165 cm³/mol. The summed E-state index contributed by atoms with van der Waals surface area (Å²) in [7, 11) is -3.11. The summed E-state index contributed by atoms with van der Waals surface area (Å²) in [6.45, 7) is -0.883. The van der Waals surface area contributed by atoms with Gasteiger partial charge in [0.05, 0.1) is 4.91 Å². The van der Waals surface area contributed by atoms with Crippen molar-refractivity contribution < 1.29 is 53.8 Å². The number of piperazine rings is 1. The lowest BCUT2D eigenvalue weighted by molar-refractivity contribution is -0.306. The zero-order valence-corrected chi connectivity index (χ0v) is 27.4. The van der Waals surface area contributed by atoms with E-state index < -0.39 is 57.7 Å². The van der Waals surface area contributed by atoms with E-state index in [1.165, 1.54) is 24.1 Å². The van der Waals surface area contributed by atoms with Crippen LogP contribution < -0.4 is 25.8 Å². The number of halogens is 6. The van der Waals surface area contributed by atoms with Gasteiger partial charge in [-0.05, 0) is 42.7 Å². The highest BCUT2D eigenvalue weighted by Gasteiger charge is 2.42. The zero-order chi connectivity index (χ0) is 36.4. The molecule has 1 atom stereocenters. The number of rotatable bonds is 9. The van der Waals surface area contributed by atoms with Crippen molar-refractivity contribution in [1.29, 1.82) is 0 Å². The number of carbonyl (C=O) groups is 2. The van der Waals surface area contributed by atoms with Gasteiger partial charge in [-0.2, -0.15) is 9.40 Å². The van der Waals surface area contributed by atoms with Gasteiger partial charge in [0, 0.05) is 39.6 Å². The molecule has 0 spiro atoms. The summed E-state index contributed by atoms with van der Waals surface area (Å²) in [6, 6.07) is 3.15. The minimum atomic E-state index is -4.98. The Bertz CT molecular complexity index is 1990. The van der Waals surface area contributed by atoms with E-state index in [2.05, 4.69) is 35.3 Å². The fourth-order valence-corrected chi connectivity index (χ4v) is 7.95. The van der Waals surface area contributed by atoms with Crippen LogP contribution >= 0.6 is 11.3 Å². The monoisotopic (exact) mass is 751 g/mol. The van der Waals surface area contributed by atoms with Gasteiger partial charge in [-0.25, -0.2) is 18.5 Å². The van der Waals surface area contributed by atoms with E-state index in [1.807, 2.05) is 0 Å². The van der Waals surface area contributed by atoms with Gasteiger partial charge < -0.3 is 25.0 Å². The number of aromatic nitrogens is 3. The number of aromatic amines is 1. The van der Waals surface area contributed by atoms with Crippen molar-refractivity contribution in [3.63, 3.8) is 0 Å². The molecule has 3 N–H and O–H groups in total. The minimum Gasteiger partial charge on any atom is -0.410 e. The summed E-state index contributed by atoms with van der Waals surface area (Å²) in [5.74, 6) is -2.42. The second kappa shape index (κ2) is 14.3. The third kappa shape index (κ3) is 8.53. The molecule has 1 fully saturated rings. The van der Waals surface area contributed by atoms with E-state index in [-0.39, 0.29) is 71.4 Å². The molecular weight excluding hydrogens is 724 g/mol. The van der Waals surface area contributed by atoms with Crippen LogP contribution in [0.15, 0.2) is 51.9 Å². The third-order valence-electron chi connectivity index (χ3n) is 7.47. The van der Waals surface area contributed by atoms with Gasteiger partial charge in [0.2, 0.25) is 15.9 Å². The van der Waals surface area contributed by atoms with Crippen LogP contribution in [0, 0.1) is 0 Å². The SMILES string of the molecule is CNC(=O)c1n[nH]c(=O)c2sc(N3CCN(S(=O)(=O)C4=CC=C(OC(F)(F)F)CCC4)[C@@H](C(=O)NCc4ccc(OC(F)(F)F)cc4)C3)nc12. The Hall–Kier alpha value is -4.70. The number of amides is 2. The quantitative estimate of drug-likeness (QED) is 0.275. The summed E-state index contributed by atoms with van der Waals surface area (Å²) in [5.41, 5.74) is -0.479. The Morgan fingerprint density at radius 1 is 1.04 bits per heavy atom. The standard InChI is InChI=1S/C28H27F6N7O7S2/c1-35-24(43)21-20-22(25(44)39-38-21)49-26(37-20)40-11-12-41(50(45,46)18-4-2-3-16(9-10-18)47-27(29,30)31)19(14-40)23(42)36-13-15-5-7-17(8-6-15)48-28(32,33)34/h5-10,19H,2-4,11-14H2,1H3,(H,35,43)(H,36,42)(H,39,44)/t19-/m1/s1. The van der Waals surface area contributed by atoms with E-state index in [0.717, 1.165) is 39.9 Å². The predicted octanol–water partition coefficient (Wildman–Crippen LogP) is 3.26. The fourth-order valence-electron chi connectivity index (χ4n) is 5.19. The van der Waals surface area contributed by atoms with Crippen LogP contribution in [-0.2, 0) is 26.1 Å². The molecule has 14 nitrogen and oxygen atoms in total. The minimum absolute atomic E-state index is 0.000188. The van der Waals surface area contributed by atoms with Gasteiger partial charge in [-0.15, -0.1) is 26.3 Å². The molecule has 5 rings (SSSR count). The highest BCUT2D eigenvalue weighted by molar-refractivity contribution is 7.93. The molecule has 0 unspecified atom stereocenters. The molecule has 0 radical (unpaired) electrons. The van der Waals surface area contributed by atoms with Crippen LogP contribution in [-0.4, -0.2) is 85.2 Å². The van der Waals surface area contributed by atoms with Crippen molar-refractivity contribution in [2.45, 2.75) is 44.6 Å². The number of hydrogen-bond acceptors (Lipinski definition) is 11. The maximum absolute atomic E-state index is 14.0. The first-order valence-electron chi connectivity index (χ1n) is 14.6. The number of nitrogens with one attached hydrogen (secondary N) is 3. The number of hydrogen-bond donors (Lipinski definition) is 3. The Labute approximate surface area is 282 Å². The number of alkyl halides is 6. The van der Waals surface area contributed by atoms with Gasteiger partial charge in [0.15, 0.2) is 10.8 Å². The van der Waals surface area contributed by atoms with Crippen molar-refractivity contribution >= 4 is 48.5 Å². The lowest BCUT2D eigenvalue weighted by Gasteiger charge is -2.39. The van der Waals surface area contributed by atoms with Crippen LogP contribution in [0.25, 0.3) is 10.2 Å². The molecule has 0 saturated carbocycles. The number of sulfonamides is 1. The molecule has 2 aromatic heterocycles. The Morgan fingerprint density at radius 3 is 2.40 bits per heavy atom. The Kier molecular flexibility index (Phi) is 10.4. The second-order valence-electron chi connectivity index (χ2n) is 10.8. The molecule has 22 heteroatoms. The third-order valence-corrected chi connectivity index (χ3v) is 10.6. The summed E-state index contributed by atoms with van der Waals surface area (Å²) in [5, 5.41) is 11.1. The smallest absolute Gasteiger partial charge is 0.410 e. The van der Waals surface area contributed by atoms with E-state index in [9.17, 15) is 49.1 Å². The highest BCUT2D eigenvalue weighted by Crippen LogP contribution is 2.33. The number of carbonyl (C=O) groups excluding carboxylic acids is 2. The van der Waals surface area contributed by atoms with Gasteiger partial charge in [0.1, 0.15) is 27.8 Å². The molecule has 3 heterocycles. The molecular formula is C28H27F6N7O7S2. The fraction of sp³-hybridized carbons (Fsp3) is 0.393. The van der Waals surface area contributed by atoms with E-state index >= 15 is 0 Å². The second-order valence-corrected chi connectivity index (χ2v) is 13.7. The number of ether oxygens (including phenoxy) is 2. The Balaban J connectivity index is 1.44. The number of anilines is 1. The average molecular weight is 752 g/mol. The lowest BCUT2D eigenvalue weighted by Crippen LogP contribution is -2.60. The number of allylic oxidation sites excluding steroid dienone is 4. The summed E-state index contributed by atoms with van der Waals surface area (Å²) < 4.78 is 113. The lowest BCUT2D eigenvalue weighted by atomic mass is 10.1. The van der Waals surface area contributed by atoms with E-state index in [4.69, 9.17) is 0 Å². The van der Waals surface area contributed by atoms with Gasteiger partial charge in [0.25, 0.3) is 11.5 Å². The summed E-state index contributed by atoms with van der Waals surface area (Å²) in [4.78, 5) is 44.2. The van der Waals surface area contributed by atoms with Crippen molar-refractivity contribution in [2.24, 2.45) is 0 Å². The highest BCUT2D eigenvalue weighted by atomic mass is 32.2. The molecule has 1 aliphatic carbocycles. The zero-order valence-electron chi connectivity index (χ0n) is 25.7. The van der Waals surface area contributed by atoms with Gasteiger partial charge in [-0.1, -0.05) is 23.5 Å². The first-order valence-corrected chi connectivity index (χ1v) is 16.9. The van der Waals surface area contributed by atoms with Crippen LogP contribution in [0.4, 0.5) is 31.5 Å². The van der Waals surface area contributed by atoms with Crippen molar-refractivity contribution in [1.82, 2.24) is 30.1 Å². The molecule has 2 amide bonds. The first-order chi connectivity index (χ1) is 23.4. The normalized spacial score (nSPS) is 17.8. The molecule has 2 aliphatic rings. The average Bonchev–Trinajstić information content (AvgIpc) is 3.37. The van der Waals surface area contributed by atoms with Gasteiger partial charge >= 0.3 is 12.7 Å². The number of nitrogens with zero attached hydrogens (tertiary/aromatic N) is 4. The molecule has 50 heavy (non-hydrogen) atoms. The molecule has 270 valence electrons. The number of fused-ring (bicyclic) bond motifs is 1. The van der Waals surface area contributed by atoms with E-state index in [0.29, 0.717) is 5.56 Å². The first kappa shape index (κ1) is 36.6.